The standard InChI is InChI=1S/C27H26N4O7S2/c1-5-37-26(34)20-15(2)21(23(33)28-17-9-7-6-8-10-17)40-24(20)29-22(32)16(3)39-25-27(35)38-30-31(25)18-11-13-19(36-4)14-12-18/h6-14,16H,5H2,1-4H3,(H2-,28,29,30,32,33,34,35)/p+1. The van der Waals surface area contributed by atoms with Gasteiger partial charge in [-0.2, -0.15) is 0 Å². The Hall–Kier alpha value is -4.36. The monoisotopic (exact) mass is 583 g/mol. The zero-order valence-corrected chi connectivity index (χ0v) is 23.7. The van der Waals surface area contributed by atoms with Crippen molar-refractivity contribution in [3.05, 3.63) is 81.0 Å². The Kier molecular flexibility index (Phi) is 9.07. The summed E-state index contributed by atoms with van der Waals surface area (Å²) in [5.74, 6) is -0.937. The van der Waals surface area contributed by atoms with Gasteiger partial charge in [-0.15, -0.1) is 11.3 Å². The number of thiophene rings is 1. The Bertz CT molecular complexity index is 1580. The molecular weight excluding hydrogens is 556 g/mol. The number of carbonyl (C=O) groups is 3. The molecule has 1 unspecified atom stereocenters. The van der Waals surface area contributed by atoms with Crippen molar-refractivity contribution < 1.29 is 33.1 Å². The van der Waals surface area contributed by atoms with Crippen LogP contribution in [0.2, 0.25) is 0 Å². The van der Waals surface area contributed by atoms with Crippen molar-refractivity contribution in [2.75, 3.05) is 24.4 Å². The molecule has 11 nitrogen and oxygen atoms in total. The van der Waals surface area contributed by atoms with Crippen molar-refractivity contribution in [1.29, 1.82) is 0 Å². The van der Waals surface area contributed by atoms with Crippen LogP contribution in [0, 0.1) is 6.92 Å². The van der Waals surface area contributed by atoms with Gasteiger partial charge in [0.15, 0.2) is 0 Å². The first kappa shape index (κ1) is 28.6. The first-order valence-corrected chi connectivity index (χ1v) is 13.9. The van der Waals surface area contributed by atoms with Gasteiger partial charge in [-0.1, -0.05) is 18.2 Å². The molecule has 208 valence electrons. The summed E-state index contributed by atoms with van der Waals surface area (Å²) in [6.07, 6.45) is 0. The van der Waals surface area contributed by atoms with Crippen molar-refractivity contribution in [2.24, 2.45) is 0 Å². The molecule has 2 amide bonds. The highest BCUT2D eigenvalue weighted by atomic mass is 32.2. The molecule has 0 saturated heterocycles. The zero-order chi connectivity index (χ0) is 28.8. The van der Waals surface area contributed by atoms with Gasteiger partial charge < -0.3 is 20.1 Å². The highest BCUT2D eigenvalue weighted by Gasteiger charge is 2.31. The van der Waals surface area contributed by atoms with Crippen molar-refractivity contribution in [1.82, 2.24) is 5.27 Å². The number of para-hydroxylation sites is 1. The van der Waals surface area contributed by atoms with E-state index in [-0.39, 0.29) is 27.1 Å². The Morgan fingerprint density at radius 1 is 1.10 bits per heavy atom. The molecule has 0 bridgehead atoms. The van der Waals surface area contributed by atoms with Crippen LogP contribution in [0.25, 0.3) is 5.69 Å². The van der Waals surface area contributed by atoms with Gasteiger partial charge in [0.05, 0.1) is 29.4 Å². The largest absolute Gasteiger partial charge is 0.497 e. The molecule has 40 heavy (non-hydrogen) atoms. The zero-order valence-electron chi connectivity index (χ0n) is 22.1. The summed E-state index contributed by atoms with van der Waals surface area (Å²) in [6.45, 7) is 5.02. The molecule has 2 aromatic carbocycles. The number of benzene rings is 2. The van der Waals surface area contributed by atoms with Crippen molar-refractivity contribution in [3.8, 4) is 11.4 Å². The predicted octanol–water partition coefficient (Wildman–Crippen LogP) is 4.17. The Balaban J connectivity index is 1.57. The SMILES string of the molecule is CCOC(=O)c1c(NC(=O)C(C)Sc2c(=O)o[nH][n+]2-c2ccc(OC)cc2)sc(C(=O)Nc2ccccc2)c1C. The van der Waals surface area contributed by atoms with Gasteiger partial charge in [0.2, 0.25) is 11.6 Å². The molecule has 0 aliphatic carbocycles. The average Bonchev–Trinajstić information content (AvgIpc) is 3.48. The molecule has 4 rings (SSSR count). The van der Waals surface area contributed by atoms with Gasteiger partial charge in [0, 0.05) is 17.8 Å². The second-order valence-corrected chi connectivity index (χ2v) is 10.7. The lowest BCUT2D eigenvalue weighted by Gasteiger charge is -2.10. The maximum atomic E-state index is 13.2. The van der Waals surface area contributed by atoms with Gasteiger partial charge in [0.25, 0.3) is 5.91 Å². The third kappa shape index (κ3) is 6.26. The molecule has 0 aliphatic rings. The third-order valence-electron chi connectivity index (χ3n) is 5.70. The minimum absolute atomic E-state index is 0.102. The number of methoxy groups -OCH3 is 1. The number of ether oxygens (including phenoxy) is 2. The van der Waals surface area contributed by atoms with Gasteiger partial charge >= 0.3 is 16.6 Å². The van der Waals surface area contributed by atoms with Crippen LogP contribution < -0.4 is 25.7 Å². The van der Waals surface area contributed by atoms with Crippen LogP contribution in [-0.4, -0.2) is 42.0 Å². The topological polar surface area (TPSA) is 144 Å². The number of anilines is 2. The highest BCUT2D eigenvalue weighted by molar-refractivity contribution is 8.00. The molecule has 0 spiro atoms. The van der Waals surface area contributed by atoms with Crippen molar-refractivity contribution >= 4 is 51.6 Å². The van der Waals surface area contributed by atoms with E-state index in [2.05, 4.69) is 15.9 Å². The van der Waals surface area contributed by atoms with Crippen LogP contribution in [0.4, 0.5) is 10.7 Å². The highest BCUT2D eigenvalue weighted by Crippen LogP contribution is 2.35. The lowest BCUT2D eigenvalue weighted by Crippen LogP contribution is -2.37. The first-order chi connectivity index (χ1) is 19.2. The number of hydrogen-bond donors (Lipinski definition) is 3. The molecule has 1 atom stereocenters. The van der Waals surface area contributed by atoms with Crippen LogP contribution in [0.3, 0.4) is 0 Å². The number of esters is 1. The number of aromatic nitrogens is 2. The molecule has 2 aromatic heterocycles. The van der Waals surface area contributed by atoms with Crippen LogP contribution in [-0.2, 0) is 9.53 Å². The van der Waals surface area contributed by atoms with E-state index >= 15 is 0 Å². The van der Waals surface area contributed by atoms with Gasteiger partial charge in [-0.25, -0.2) is 9.59 Å². The maximum absolute atomic E-state index is 13.2. The minimum atomic E-state index is -0.790. The van der Waals surface area contributed by atoms with Crippen LogP contribution in [0.1, 0.15) is 39.4 Å². The van der Waals surface area contributed by atoms with E-state index in [1.807, 2.05) is 6.07 Å². The summed E-state index contributed by atoms with van der Waals surface area (Å²) in [5.41, 5.74) is 1.01. The molecule has 3 N–H and O–H groups in total. The molecule has 0 radical (unpaired) electrons. The van der Waals surface area contributed by atoms with Crippen molar-refractivity contribution in [3.63, 3.8) is 0 Å². The molecular formula is C27H27N4O7S2+. The lowest BCUT2D eigenvalue weighted by atomic mass is 10.1. The van der Waals surface area contributed by atoms with E-state index < -0.39 is 28.7 Å². The number of rotatable bonds is 10. The molecule has 4 aromatic rings. The average molecular weight is 584 g/mol. The van der Waals surface area contributed by atoms with E-state index in [1.165, 1.54) is 4.68 Å². The predicted molar refractivity (Wildman–Crippen MR) is 151 cm³/mol. The summed E-state index contributed by atoms with van der Waals surface area (Å²) < 4.78 is 16.8. The number of amides is 2. The summed E-state index contributed by atoms with van der Waals surface area (Å²) in [6, 6.07) is 15.8. The van der Waals surface area contributed by atoms with Crippen LogP contribution in [0.5, 0.6) is 5.75 Å². The number of nitrogens with zero attached hydrogens (tertiary/aromatic N) is 1. The first-order valence-electron chi connectivity index (χ1n) is 12.2. The van der Waals surface area contributed by atoms with Crippen LogP contribution >= 0.6 is 23.1 Å². The summed E-state index contributed by atoms with van der Waals surface area (Å²) in [7, 11) is 1.55. The lowest BCUT2D eigenvalue weighted by molar-refractivity contribution is -0.704. The Morgan fingerprint density at radius 2 is 1.80 bits per heavy atom. The Morgan fingerprint density at radius 3 is 2.45 bits per heavy atom. The smallest absolute Gasteiger partial charge is 0.442 e. The molecule has 0 aliphatic heterocycles. The third-order valence-corrected chi connectivity index (χ3v) is 8.04. The second kappa shape index (κ2) is 12.7. The fraction of sp³-hybridized carbons (Fsp3) is 0.222. The van der Waals surface area contributed by atoms with Crippen molar-refractivity contribution in [2.45, 2.75) is 31.0 Å². The molecule has 0 fully saturated rings. The van der Waals surface area contributed by atoms with Gasteiger partial charge in [0.1, 0.15) is 10.8 Å². The normalized spacial score (nSPS) is 11.5. The maximum Gasteiger partial charge on any atom is 0.442 e. The fourth-order valence-electron chi connectivity index (χ4n) is 3.68. The van der Waals surface area contributed by atoms with E-state index in [1.54, 1.807) is 76.4 Å². The van der Waals surface area contributed by atoms with E-state index in [4.69, 9.17) is 14.0 Å². The quantitative estimate of drug-likeness (QED) is 0.143. The summed E-state index contributed by atoms with van der Waals surface area (Å²) in [4.78, 5) is 51.8. The summed E-state index contributed by atoms with van der Waals surface area (Å²) in [5, 5.41) is 7.60. The fourth-order valence-corrected chi connectivity index (χ4v) is 5.66. The molecule has 0 saturated carbocycles. The van der Waals surface area contributed by atoms with E-state index in [0.717, 1.165) is 23.1 Å². The van der Waals surface area contributed by atoms with Gasteiger partial charge in [-0.3, -0.25) is 14.1 Å². The number of thioether (sulfide) groups is 1. The number of H-pyrrole nitrogens is 1. The Labute approximate surface area is 237 Å². The van der Waals surface area contributed by atoms with E-state index in [9.17, 15) is 19.2 Å². The number of aromatic amines is 1. The summed E-state index contributed by atoms with van der Waals surface area (Å²) >= 11 is 1.94. The van der Waals surface area contributed by atoms with Gasteiger partial charge in [-0.05, 0) is 72.3 Å². The number of carbonyl (C=O) groups excluding carboxylic acids is 3. The molecule has 2 heterocycles. The number of nitrogens with one attached hydrogen (secondary N) is 3. The number of hydrogen-bond acceptors (Lipinski definition) is 9. The van der Waals surface area contributed by atoms with Crippen LogP contribution in [0.15, 0.2) is 68.9 Å². The second-order valence-electron chi connectivity index (χ2n) is 8.37. The molecule has 13 heteroatoms. The minimum Gasteiger partial charge on any atom is -0.497 e. The van der Waals surface area contributed by atoms with E-state index in [0.29, 0.717) is 22.7 Å².